The molecule has 3 heterocycles. The molecule has 0 radical (unpaired) electrons. The average molecular weight is 433 g/mol. The minimum absolute atomic E-state index is 0.0852. The quantitative estimate of drug-likeness (QED) is 0.620. The van der Waals surface area contributed by atoms with Crippen molar-refractivity contribution in [3.05, 3.63) is 76.6 Å². The van der Waals surface area contributed by atoms with E-state index in [0.29, 0.717) is 26.4 Å². The number of carbonyl (C=O) groups excluding carboxylic acids is 1. The lowest BCUT2D eigenvalue weighted by molar-refractivity contribution is 0.0627. The predicted molar refractivity (Wildman–Crippen MR) is 121 cm³/mol. The molecule has 7 heteroatoms. The summed E-state index contributed by atoms with van der Waals surface area (Å²) in [6.07, 6.45) is 0. The van der Waals surface area contributed by atoms with Crippen molar-refractivity contribution in [3.8, 4) is 11.5 Å². The zero-order valence-electron chi connectivity index (χ0n) is 18.6. The van der Waals surface area contributed by atoms with E-state index in [0.717, 1.165) is 48.1 Å². The second kappa shape index (κ2) is 8.67. The molecule has 2 aliphatic heterocycles. The molecule has 2 aliphatic rings. The fraction of sp³-hybridized carbons (Fsp3) is 0.360. The van der Waals surface area contributed by atoms with Gasteiger partial charge in [0.15, 0.2) is 11.5 Å². The second-order valence-corrected chi connectivity index (χ2v) is 8.45. The lowest BCUT2D eigenvalue weighted by atomic mass is 10.1. The fourth-order valence-electron chi connectivity index (χ4n) is 4.48. The Hall–Kier alpha value is -3.32. The molecule has 0 unspecified atom stereocenters. The van der Waals surface area contributed by atoms with Gasteiger partial charge in [0, 0.05) is 38.4 Å². The van der Waals surface area contributed by atoms with Crippen LogP contribution in [0.3, 0.4) is 0 Å². The molecule has 1 amide bonds. The van der Waals surface area contributed by atoms with Crippen LogP contribution >= 0.6 is 0 Å². The van der Waals surface area contributed by atoms with Crippen molar-refractivity contribution < 1.29 is 14.3 Å². The van der Waals surface area contributed by atoms with Crippen LogP contribution in [0.2, 0.25) is 0 Å². The number of ether oxygens (including phenoxy) is 2. The van der Waals surface area contributed by atoms with E-state index in [1.54, 1.807) is 0 Å². The van der Waals surface area contributed by atoms with Gasteiger partial charge in [0.25, 0.3) is 5.91 Å². The molecule has 2 aromatic carbocycles. The van der Waals surface area contributed by atoms with E-state index in [2.05, 4.69) is 28.2 Å². The molecule has 0 saturated carbocycles. The molecule has 1 aromatic heterocycles. The highest BCUT2D eigenvalue weighted by molar-refractivity contribution is 5.96. The number of rotatable bonds is 5. The van der Waals surface area contributed by atoms with Gasteiger partial charge >= 0.3 is 0 Å². The summed E-state index contributed by atoms with van der Waals surface area (Å²) in [5.41, 5.74) is 4.84. The van der Waals surface area contributed by atoms with Crippen LogP contribution in [0.25, 0.3) is 0 Å². The summed E-state index contributed by atoms with van der Waals surface area (Å²) in [5, 5.41) is 4.66. The third-order valence-electron chi connectivity index (χ3n) is 6.27. The van der Waals surface area contributed by atoms with Crippen molar-refractivity contribution in [2.24, 2.45) is 0 Å². The summed E-state index contributed by atoms with van der Waals surface area (Å²) >= 11 is 0. The highest BCUT2D eigenvalue weighted by atomic mass is 16.7. The predicted octanol–water partition coefficient (Wildman–Crippen LogP) is 3.23. The maximum Gasteiger partial charge on any atom is 0.257 e. The van der Waals surface area contributed by atoms with Gasteiger partial charge in [0.05, 0.1) is 17.8 Å². The molecule has 32 heavy (non-hydrogen) atoms. The number of amides is 1. The Morgan fingerprint density at radius 3 is 2.44 bits per heavy atom. The molecular formula is C25H28N4O3. The Morgan fingerprint density at radius 2 is 1.66 bits per heavy atom. The molecule has 0 aliphatic carbocycles. The van der Waals surface area contributed by atoms with Crippen LogP contribution in [0, 0.1) is 13.8 Å². The number of hydrogen-bond acceptors (Lipinski definition) is 5. The Morgan fingerprint density at radius 1 is 0.906 bits per heavy atom. The van der Waals surface area contributed by atoms with Gasteiger partial charge < -0.3 is 14.4 Å². The number of aromatic nitrogens is 2. The molecule has 3 aromatic rings. The van der Waals surface area contributed by atoms with E-state index >= 15 is 0 Å². The Kier molecular flexibility index (Phi) is 5.57. The van der Waals surface area contributed by atoms with E-state index in [1.807, 2.05) is 53.8 Å². The van der Waals surface area contributed by atoms with Gasteiger partial charge in [0.2, 0.25) is 6.79 Å². The second-order valence-electron chi connectivity index (χ2n) is 8.45. The molecule has 7 nitrogen and oxygen atoms in total. The summed E-state index contributed by atoms with van der Waals surface area (Å²) in [5.74, 6) is 1.71. The number of benzene rings is 2. The first-order valence-corrected chi connectivity index (χ1v) is 11.1. The van der Waals surface area contributed by atoms with Crippen LogP contribution in [0.4, 0.5) is 0 Å². The Bertz CT molecular complexity index is 1120. The van der Waals surface area contributed by atoms with E-state index in [-0.39, 0.29) is 5.91 Å². The first kappa shape index (κ1) is 20.6. The smallest absolute Gasteiger partial charge is 0.257 e. The molecule has 0 bridgehead atoms. The normalized spacial score (nSPS) is 15.9. The number of aryl methyl sites for hydroxylation is 1. The molecule has 0 spiro atoms. The highest BCUT2D eigenvalue weighted by Crippen LogP contribution is 2.33. The lowest BCUT2D eigenvalue weighted by Gasteiger charge is -2.34. The van der Waals surface area contributed by atoms with Crippen LogP contribution in [-0.4, -0.2) is 58.5 Å². The minimum atomic E-state index is 0.0852. The van der Waals surface area contributed by atoms with Crippen molar-refractivity contribution in [1.82, 2.24) is 19.6 Å². The summed E-state index contributed by atoms with van der Waals surface area (Å²) in [4.78, 5) is 17.7. The summed E-state index contributed by atoms with van der Waals surface area (Å²) in [6, 6.07) is 16.3. The first-order chi connectivity index (χ1) is 15.6. The Labute approximate surface area is 188 Å². The number of hydrogen-bond donors (Lipinski definition) is 0. The lowest BCUT2D eigenvalue weighted by Crippen LogP contribution is -2.48. The van der Waals surface area contributed by atoms with Crippen molar-refractivity contribution in [2.45, 2.75) is 26.9 Å². The molecule has 1 fully saturated rings. The van der Waals surface area contributed by atoms with Gasteiger partial charge in [-0.05, 0) is 37.1 Å². The van der Waals surface area contributed by atoms with Crippen molar-refractivity contribution in [1.29, 1.82) is 0 Å². The van der Waals surface area contributed by atoms with Gasteiger partial charge in [0.1, 0.15) is 0 Å². The Balaban J connectivity index is 1.22. The number of piperazine rings is 1. The van der Waals surface area contributed by atoms with Crippen LogP contribution < -0.4 is 9.47 Å². The number of carbonyl (C=O) groups is 1. The third kappa shape index (κ3) is 4.08. The average Bonchev–Trinajstić information content (AvgIpc) is 3.38. The molecule has 1 saturated heterocycles. The van der Waals surface area contributed by atoms with Crippen LogP contribution in [0.15, 0.2) is 48.5 Å². The van der Waals surface area contributed by atoms with Crippen LogP contribution in [-0.2, 0) is 13.1 Å². The summed E-state index contributed by atoms with van der Waals surface area (Å²) < 4.78 is 12.8. The summed E-state index contributed by atoms with van der Waals surface area (Å²) in [6.45, 7) is 8.84. The SMILES string of the molecule is Cc1nn(Cc2ccccc2)c(C)c1C(=O)N1CCN(Cc2ccc3c(c2)OCO3)CC1. The third-order valence-corrected chi connectivity index (χ3v) is 6.27. The molecule has 166 valence electrons. The molecule has 0 N–H and O–H groups in total. The van der Waals surface area contributed by atoms with Crippen molar-refractivity contribution >= 4 is 5.91 Å². The van der Waals surface area contributed by atoms with Crippen molar-refractivity contribution in [2.75, 3.05) is 33.0 Å². The molecule has 0 atom stereocenters. The largest absolute Gasteiger partial charge is 0.454 e. The monoisotopic (exact) mass is 432 g/mol. The van der Waals surface area contributed by atoms with E-state index in [9.17, 15) is 4.79 Å². The number of nitrogens with zero attached hydrogens (tertiary/aromatic N) is 4. The molecule has 5 rings (SSSR count). The van der Waals surface area contributed by atoms with Crippen molar-refractivity contribution in [3.63, 3.8) is 0 Å². The molecular weight excluding hydrogens is 404 g/mol. The maximum atomic E-state index is 13.3. The standard InChI is InChI=1S/C25H28N4O3/c1-18-24(19(2)29(26-18)16-20-6-4-3-5-7-20)25(30)28-12-10-27(11-13-28)15-21-8-9-22-23(14-21)32-17-31-22/h3-9,14H,10-13,15-17H2,1-2H3. The van der Waals surface area contributed by atoms with E-state index < -0.39 is 0 Å². The topological polar surface area (TPSA) is 59.8 Å². The van der Waals surface area contributed by atoms with Gasteiger partial charge in [-0.15, -0.1) is 0 Å². The maximum absolute atomic E-state index is 13.3. The van der Waals surface area contributed by atoms with E-state index in [4.69, 9.17) is 9.47 Å². The minimum Gasteiger partial charge on any atom is -0.454 e. The number of fused-ring (bicyclic) bond motifs is 1. The zero-order valence-corrected chi connectivity index (χ0v) is 18.6. The van der Waals surface area contributed by atoms with E-state index in [1.165, 1.54) is 11.1 Å². The van der Waals surface area contributed by atoms with Gasteiger partial charge in [-0.25, -0.2) is 0 Å². The van der Waals surface area contributed by atoms with Gasteiger partial charge in [-0.3, -0.25) is 14.4 Å². The van der Waals surface area contributed by atoms with Gasteiger partial charge in [-0.2, -0.15) is 5.10 Å². The first-order valence-electron chi connectivity index (χ1n) is 11.1. The zero-order chi connectivity index (χ0) is 22.1. The van der Waals surface area contributed by atoms with Crippen LogP contribution in [0.1, 0.15) is 32.9 Å². The fourth-order valence-corrected chi connectivity index (χ4v) is 4.48. The summed E-state index contributed by atoms with van der Waals surface area (Å²) in [7, 11) is 0. The highest BCUT2D eigenvalue weighted by Gasteiger charge is 2.27. The van der Waals surface area contributed by atoms with Crippen LogP contribution in [0.5, 0.6) is 11.5 Å². The van der Waals surface area contributed by atoms with Gasteiger partial charge in [-0.1, -0.05) is 36.4 Å².